The maximum Gasteiger partial charge on any atom is 0.178 e. The number of nitrogens with zero attached hydrogens (tertiary/aromatic N) is 1. The van der Waals surface area contributed by atoms with E-state index in [9.17, 15) is 8.42 Å². The van der Waals surface area contributed by atoms with Crippen molar-refractivity contribution >= 4 is 9.84 Å². The van der Waals surface area contributed by atoms with Crippen molar-refractivity contribution in [2.24, 2.45) is 0 Å². The Kier molecular flexibility index (Phi) is 14.4. The van der Waals surface area contributed by atoms with Crippen LogP contribution < -0.4 is 0 Å². The van der Waals surface area contributed by atoms with Crippen LogP contribution in [0.15, 0.2) is 29.2 Å². The molecule has 0 radical (unpaired) electrons. The van der Waals surface area contributed by atoms with E-state index in [1.165, 1.54) is 70.6 Å². The van der Waals surface area contributed by atoms with E-state index in [0.29, 0.717) is 10.9 Å². The van der Waals surface area contributed by atoms with Crippen LogP contribution in [0.25, 0.3) is 0 Å². The Labute approximate surface area is 187 Å². The van der Waals surface area contributed by atoms with Crippen molar-refractivity contribution in [2.75, 3.05) is 19.8 Å². The van der Waals surface area contributed by atoms with E-state index in [0.717, 1.165) is 24.8 Å². The van der Waals surface area contributed by atoms with E-state index < -0.39 is 9.84 Å². The number of sulfone groups is 1. The molecular formula is C26H47NO2S. The van der Waals surface area contributed by atoms with Crippen LogP contribution >= 0.6 is 0 Å². The molecule has 174 valence electrons. The van der Waals surface area contributed by atoms with Crippen molar-refractivity contribution in [1.82, 2.24) is 4.90 Å². The first-order chi connectivity index (χ1) is 14.4. The van der Waals surface area contributed by atoms with Crippen LogP contribution in [0.2, 0.25) is 0 Å². The summed E-state index contributed by atoms with van der Waals surface area (Å²) in [5.74, 6) is 0.265. The minimum absolute atomic E-state index is 0.265. The van der Waals surface area contributed by atoms with Gasteiger partial charge in [0.15, 0.2) is 9.84 Å². The van der Waals surface area contributed by atoms with Crippen molar-refractivity contribution in [2.45, 2.75) is 115 Å². The quantitative estimate of drug-likeness (QED) is 0.228. The molecule has 0 amide bonds. The summed E-state index contributed by atoms with van der Waals surface area (Å²) < 4.78 is 24.9. The zero-order chi connectivity index (χ0) is 22.2. The summed E-state index contributed by atoms with van der Waals surface area (Å²) in [5.41, 5.74) is 1.09. The minimum atomic E-state index is -3.14. The number of aryl methyl sites for hydroxylation is 1. The molecule has 4 heteroatoms. The fourth-order valence-electron chi connectivity index (χ4n) is 4.06. The predicted octanol–water partition coefficient (Wildman–Crippen LogP) is 7.18. The van der Waals surface area contributed by atoms with Gasteiger partial charge in [0, 0.05) is 6.04 Å². The normalized spacial score (nSPS) is 13.1. The lowest BCUT2D eigenvalue weighted by atomic mass is 10.00. The molecule has 0 saturated heterocycles. The molecule has 3 nitrogen and oxygen atoms in total. The second kappa shape index (κ2) is 15.9. The SMILES string of the molecule is CCCCCCCCCCCC(CCCCCS(=O)(=O)c1ccc(C)cc1)N(C)C. The smallest absolute Gasteiger partial charge is 0.178 e. The Bertz CT molecular complexity index is 638. The molecule has 0 aromatic heterocycles. The number of benzene rings is 1. The van der Waals surface area contributed by atoms with Crippen LogP contribution in [0.4, 0.5) is 0 Å². The Hall–Kier alpha value is -0.870. The van der Waals surface area contributed by atoms with Crippen LogP contribution in [-0.2, 0) is 9.84 Å². The molecule has 0 fully saturated rings. The fraction of sp³-hybridized carbons (Fsp3) is 0.769. The van der Waals surface area contributed by atoms with Gasteiger partial charge in [-0.05, 0) is 52.4 Å². The lowest BCUT2D eigenvalue weighted by Crippen LogP contribution is -2.27. The van der Waals surface area contributed by atoms with Gasteiger partial charge in [0.25, 0.3) is 0 Å². The zero-order valence-corrected chi connectivity index (χ0v) is 21.0. The maximum absolute atomic E-state index is 12.4. The van der Waals surface area contributed by atoms with Crippen LogP contribution in [0.5, 0.6) is 0 Å². The molecule has 0 bridgehead atoms. The Morgan fingerprint density at radius 1 is 0.733 bits per heavy atom. The predicted molar refractivity (Wildman–Crippen MR) is 131 cm³/mol. The highest BCUT2D eigenvalue weighted by molar-refractivity contribution is 7.91. The third kappa shape index (κ3) is 12.1. The second-order valence-electron chi connectivity index (χ2n) is 9.22. The number of unbranched alkanes of at least 4 members (excludes halogenated alkanes) is 10. The van der Waals surface area contributed by atoms with Gasteiger partial charge in [-0.15, -0.1) is 0 Å². The maximum atomic E-state index is 12.4. The number of rotatable bonds is 18. The topological polar surface area (TPSA) is 37.4 Å². The van der Waals surface area contributed by atoms with E-state index in [1.807, 2.05) is 19.1 Å². The molecule has 1 unspecified atom stereocenters. The number of hydrogen-bond acceptors (Lipinski definition) is 3. The highest BCUT2D eigenvalue weighted by Crippen LogP contribution is 2.18. The molecule has 0 aliphatic rings. The third-order valence-corrected chi connectivity index (χ3v) is 8.02. The Morgan fingerprint density at radius 2 is 1.20 bits per heavy atom. The standard InChI is InChI=1S/C26H47NO2S/c1-5-6-7-8-9-10-11-12-14-17-25(27(3)4)18-15-13-16-23-30(28,29)26-21-19-24(2)20-22-26/h19-22,25H,5-18,23H2,1-4H3. The number of hydrogen-bond donors (Lipinski definition) is 0. The minimum Gasteiger partial charge on any atom is -0.306 e. The van der Waals surface area contributed by atoms with Crippen LogP contribution in [-0.4, -0.2) is 39.2 Å². The van der Waals surface area contributed by atoms with Crippen LogP contribution in [0.1, 0.15) is 102 Å². The summed E-state index contributed by atoms with van der Waals surface area (Å²) in [6.45, 7) is 4.25. The molecule has 0 N–H and O–H groups in total. The van der Waals surface area contributed by atoms with E-state index in [-0.39, 0.29) is 5.75 Å². The summed E-state index contributed by atoms with van der Waals surface area (Å²) in [6, 6.07) is 7.85. The van der Waals surface area contributed by atoms with Crippen LogP contribution in [0, 0.1) is 6.92 Å². The first-order valence-electron chi connectivity index (χ1n) is 12.3. The van der Waals surface area contributed by atoms with Gasteiger partial charge < -0.3 is 4.90 Å². The molecule has 0 spiro atoms. The van der Waals surface area contributed by atoms with Gasteiger partial charge in [-0.2, -0.15) is 0 Å². The molecule has 1 aromatic rings. The Morgan fingerprint density at radius 3 is 1.70 bits per heavy atom. The lowest BCUT2D eigenvalue weighted by Gasteiger charge is -2.24. The van der Waals surface area contributed by atoms with Gasteiger partial charge in [0.05, 0.1) is 10.6 Å². The molecule has 1 atom stereocenters. The van der Waals surface area contributed by atoms with Gasteiger partial charge in [-0.25, -0.2) is 8.42 Å². The summed E-state index contributed by atoms with van der Waals surface area (Å²) in [4.78, 5) is 2.82. The molecular weight excluding hydrogens is 390 g/mol. The monoisotopic (exact) mass is 437 g/mol. The summed E-state index contributed by atoms with van der Waals surface area (Å²) in [5, 5.41) is 0. The highest BCUT2D eigenvalue weighted by atomic mass is 32.2. The van der Waals surface area contributed by atoms with Crippen molar-refractivity contribution in [3.63, 3.8) is 0 Å². The first-order valence-corrected chi connectivity index (χ1v) is 14.0. The lowest BCUT2D eigenvalue weighted by molar-refractivity contribution is 0.252. The molecule has 0 saturated carbocycles. The highest BCUT2D eigenvalue weighted by Gasteiger charge is 2.14. The average Bonchev–Trinajstić information content (AvgIpc) is 2.70. The van der Waals surface area contributed by atoms with Crippen molar-refractivity contribution in [3.8, 4) is 0 Å². The summed E-state index contributed by atoms with van der Waals surface area (Å²) in [7, 11) is 1.23. The van der Waals surface area contributed by atoms with Gasteiger partial charge >= 0.3 is 0 Å². The third-order valence-electron chi connectivity index (χ3n) is 6.20. The van der Waals surface area contributed by atoms with E-state index in [2.05, 4.69) is 25.9 Å². The van der Waals surface area contributed by atoms with Gasteiger partial charge in [-0.3, -0.25) is 0 Å². The van der Waals surface area contributed by atoms with Crippen molar-refractivity contribution in [3.05, 3.63) is 29.8 Å². The average molecular weight is 438 g/mol. The zero-order valence-electron chi connectivity index (χ0n) is 20.2. The van der Waals surface area contributed by atoms with Gasteiger partial charge in [0.2, 0.25) is 0 Å². The molecule has 0 aliphatic carbocycles. The summed E-state index contributed by atoms with van der Waals surface area (Å²) in [6.07, 6.45) is 17.7. The van der Waals surface area contributed by atoms with Gasteiger partial charge in [-0.1, -0.05) is 95.2 Å². The van der Waals surface area contributed by atoms with Crippen LogP contribution in [0.3, 0.4) is 0 Å². The second-order valence-corrected chi connectivity index (χ2v) is 11.3. The van der Waals surface area contributed by atoms with Crippen molar-refractivity contribution in [1.29, 1.82) is 0 Å². The molecule has 30 heavy (non-hydrogen) atoms. The largest absolute Gasteiger partial charge is 0.306 e. The summed E-state index contributed by atoms with van der Waals surface area (Å²) >= 11 is 0. The Balaban J connectivity index is 2.15. The molecule has 0 heterocycles. The first kappa shape index (κ1) is 27.2. The van der Waals surface area contributed by atoms with Crippen molar-refractivity contribution < 1.29 is 8.42 Å². The molecule has 0 aliphatic heterocycles. The fourth-order valence-corrected chi connectivity index (χ4v) is 5.43. The van der Waals surface area contributed by atoms with E-state index >= 15 is 0 Å². The van der Waals surface area contributed by atoms with E-state index in [1.54, 1.807) is 12.1 Å². The molecule has 1 aromatic carbocycles. The van der Waals surface area contributed by atoms with Gasteiger partial charge in [0.1, 0.15) is 0 Å². The van der Waals surface area contributed by atoms with E-state index in [4.69, 9.17) is 0 Å². The molecule has 1 rings (SSSR count).